The number of hydrogen-bond acceptors (Lipinski definition) is 7. The first kappa shape index (κ1) is 24.7. The van der Waals surface area contributed by atoms with Gasteiger partial charge in [0.2, 0.25) is 11.9 Å². The lowest BCUT2D eigenvalue weighted by Crippen LogP contribution is -2.52. The smallest absolute Gasteiger partial charge is 0.227 e. The first-order valence-corrected chi connectivity index (χ1v) is 13.4. The van der Waals surface area contributed by atoms with Crippen molar-refractivity contribution < 1.29 is 4.79 Å². The van der Waals surface area contributed by atoms with Gasteiger partial charge in [0.05, 0.1) is 16.8 Å². The van der Waals surface area contributed by atoms with Crippen molar-refractivity contribution in [3.63, 3.8) is 0 Å². The molecule has 2 fully saturated rings. The molecule has 0 aliphatic carbocycles. The van der Waals surface area contributed by atoms with E-state index in [4.69, 9.17) is 16.6 Å². The summed E-state index contributed by atoms with van der Waals surface area (Å²) >= 11 is 6.26. The Labute approximate surface area is 217 Å². The molecule has 9 heteroatoms. The number of carbonyl (C=O) groups excluding carboxylic acids is 1. The van der Waals surface area contributed by atoms with E-state index in [1.54, 1.807) is 6.20 Å². The van der Waals surface area contributed by atoms with Crippen LogP contribution in [0.1, 0.15) is 25.3 Å². The molecule has 1 atom stereocenters. The molecule has 0 saturated carbocycles. The fourth-order valence-corrected chi connectivity index (χ4v) is 5.43. The van der Waals surface area contributed by atoms with E-state index in [-0.39, 0.29) is 11.8 Å². The summed E-state index contributed by atoms with van der Waals surface area (Å²) in [6, 6.07) is 9.78. The highest BCUT2D eigenvalue weighted by Gasteiger charge is 2.31. The molecular weight excluding hydrogens is 474 g/mol. The summed E-state index contributed by atoms with van der Waals surface area (Å²) in [6.45, 7) is 9.09. The Bertz CT molecular complexity index is 1200. The molecule has 4 heterocycles. The largest absolute Gasteiger partial charge is 0.355 e. The number of halogens is 1. The van der Waals surface area contributed by atoms with Gasteiger partial charge in [-0.1, -0.05) is 36.7 Å². The van der Waals surface area contributed by atoms with Crippen LogP contribution < -0.4 is 10.2 Å². The molecule has 3 aromatic rings. The minimum Gasteiger partial charge on any atom is -0.355 e. The zero-order chi connectivity index (χ0) is 24.9. The van der Waals surface area contributed by atoms with Crippen molar-refractivity contribution in [2.24, 2.45) is 5.92 Å². The number of hydrogen-bond donors (Lipinski definition) is 1. The number of piperazine rings is 1. The van der Waals surface area contributed by atoms with Gasteiger partial charge in [-0.3, -0.25) is 4.79 Å². The highest BCUT2D eigenvalue weighted by atomic mass is 35.5. The van der Waals surface area contributed by atoms with E-state index in [1.807, 2.05) is 36.5 Å². The third kappa shape index (κ3) is 5.55. The first-order chi connectivity index (χ1) is 17.6. The second-order valence-electron chi connectivity index (χ2n) is 9.57. The zero-order valence-corrected chi connectivity index (χ0v) is 21.6. The molecule has 2 aromatic heterocycles. The van der Waals surface area contributed by atoms with Crippen molar-refractivity contribution in [2.75, 3.05) is 62.6 Å². The zero-order valence-electron chi connectivity index (χ0n) is 20.9. The van der Waals surface area contributed by atoms with Crippen LogP contribution in [0.4, 0.5) is 11.8 Å². The highest BCUT2D eigenvalue weighted by molar-refractivity contribution is 6.31. The Balaban J connectivity index is 1.24. The normalized spacial score (nSPS) is 19.0. The number of nitrogens with one attached hydrogen (secondary N) is 1. The summed E-state index contributed by atoms with van der Waals surface area (Å²) in [5.74, 6) is 1.75. The first-order valence-electron chi connectivity index (χ1n) is 13.0. The molecule has 2 aliphatic heterocycles. The fraction of sp³-hybridized carbons (Fsp3) is 0.481. The Morgan fingerprint density at radius 3 is 2.75 bits per heavy atom. The van der Waals surface area contributed by atoms with E-state index in [0.29, 0.717) is 19.0 Å². The number of fused-ring (bicyclic) bond motifs is 1. The van der Waals surface area contributed by atoms with Crippen LogP contribution in [0.2, 0.25) is 5.02 Å². The second-order valence-corrected chi connectivity index (χ2v) is 9.98. The highest BCUT2D eigenvalue weighted by Crippen LogP contribution is 2.29. The van der Waals surface area contributed by atoms with E-state index >= 15 is 0 Å². The van der Waals surface area contributed by atoms with Gasteiger partial charge in [0.1, 0.15) is 5.82 Å². The average Bonchev–Trinajstić information content (AvgIpc) is 2.93. The number of likely N-dealkylation sites (N-methyl/N-ethyl adjacent to an activating group) is 1. The van der Waals surface area contributed by atoms with E-state index in [1.165, 1.54) is 0 Å². The number of rotatable bonds is 7. The van der Waals surface area contributed by atoms with Gasteiger partial charge in [0.25, 0.3) is 0 Å². The molecule has 1 N–H and O–H groups in total. The average molecular weight is 508 g/mol. The van der Waals surface area contributed by atoms with Crippen LogP contribution in [0.15, 0.2) is 42.7 Å². The number of anilines is 2. The molecule has 0 spiro atoms. The van der Waals surface area contributed by atoms with Crippen LogP contribution in [-0.2, 0) is 11.2 Å². The Kier molecular flexibility index (Phi) is 7.82. The number of piperidine rings is 1. The maximum atomic E-state index is 13.3. The van der Waals surface area contributed by atoms with Crippen molar-refractivity contribution in [2.45, 2.75) is 26.2 Å². The second kappa shape index (κ2) is 11.4. The van der Waals surface area contributed by atoms with Crippen molar-refractivity contribution in [1.82, 2.24) is 24.8 Å². The van der Waals surface area contributed by atoms with E-state index < -0.39 is 0 Å². The molecule has 0 radical (unpaired) electrons. The third-order valence-electron chi connectivity index (χ3n) is 7.33. The molecule has 2 aliphatic rings. The lowest BCUT2D eigenvalue weighted by atomic mass is 9.96. The maximum absolute atomic E-state index is 13.3. The van der Waals surface area contributed by atoms with Gasteiger partial charge >= 0.3 is 0 Å². The predicted octanol–water partition coefficient (Wildman–Crippen LogP) is 3.71. The van der Waals surface area contributed by atoms with Gasteiger partial charge < -0.3 is 20.0 Å². The standard InChI is InChI=1S/C27H34ClN7O/c1-2-33-14-16-34(17-15-33)26(36)21-7-5-13-35(19-21)25-22-18-31-27(32-24(22)10-12-29-25)30-11-9-20-6-3-4-8-23(20)28/h3-4,6,8,10,12,18,21H,2,5,7,9,11,13-17,19H2,1H3,(H,30,31,32). The lowest BCUT2D eigenvalue weighted by Gasteiger charge is -2.39. The summed E-state index contributed by atoms with van der Waals surface area (Å²) in [6.07, 6.45) is 6.35. The van der Waals surface area contributed by atoms with Crippen LogP contribution in [0.25, 0.3) is 10.9 Å². The molecule has 0 bridgehead atoms. The molecular formula is C27H34ClN7O. The Morgan fingerprint density at radius 1 is 1.11 bits per heavy atom. The van der Waals surface area contributed by atoms with Crippen LogP contribution in [-0.4, -0.2) is 83.0 Å². The number of carbonyl (C=O) groups is 1. The molecule has 1 aromatic carbocycles. The van der Waals surface area contributed by atoms with Gasteiger partial charge in [-0.05, 0) is 43.5 Å². The molecule has 1 amide bonds. The van der Waals surface area contributed by atoms with Gasteiger partial charge in [0.15, 0.2) is 0 Å². The Hall–Kier alpha value is -2.97. The number of nitrogens with zero attached hydrogens (tertiary/aromatic N) is 6. The molecule has 2 saturated heterocycles. The van der Waals surface area contributed by atoms with Crippen LogP contribution in [0.3, 0.4) is 0 Å². The van der Waals surface area contributed by atoms with Crippen LogP contribution in [0, 0.1) is 5.92 Å². The molecule has 36 heavy (non-hydrogen) atoms. The minimum atomic E-state index is 0.00986. The lowest BCUT2D eigenvalue weighted by molar-refractivity contribution is -0.137. The molecule has 190 valence electrons. The van der Waals surface area contributed by atoms with Crippen LogP contribution in [0.5, 0.6) is 0 Å². The summed E-state index contributed by atoms with van der Waals surface area (Å²) in [5, 5.41) is 5.00. The SMILES string of the molecule is CCN1CCN(C(=O)C2CCCN(c3nccc4nc(NCCc5ccccc5Cl)ncc34)C2)CC1. The van der Waals surface area contributed by atoms with Gasteiger partial charge in [-0.2, -0.15) is 0 Å². The summed E-state index contributed by atoms with van der Waals surface area (Å²) in [5.41, 5.74) is 1.94. The summed E-state index contributed by atoms with van der Waals surface area (Å²) in [4.78, 5) is 33.9. The number of benzene rings is 1. The predicted molar refractivity (Wildman–Crippen MR) is 145 cm³/mol. The number of aromatic nitrogens is 3. The van der Waals surface area contributed by atoms with Gasteiger partial charge in [-0.25, -0.2) is 15.0 Å². The van der Waals surface area contributed by atoms with Gasteiger partial charge in [0, 0.05) is 63.2 Å². The minimum absolute atomic E-state index is 0.00986. The fourth-order valence-electron chi connectivity index (χ4n) is 5.20. The van der Waals surface area contributed by atoms with E-state index in [2.05, 4.69) is 36.9 Å². The third-order valence-corrected chi connectivity index (χ3v) is 7.69. The van der Waals surface area contributed by atoms with Crippen molar-refractivity contribution in [3.8, 4) is 0 Å². The molecule has 5 rings (SSSR count). The monoisotopic (exact) mass is 507 g/mol. The molecule has 1 unspecified atom stereocenters. The van der Waals surface area contributed by atoms with Crippen molar-refractivity contribution >= 4 is 40.2 Å². The summed E-state index contributed by atoms with van der Waals surface area (Å²) in [7, 11) is 0. The van der Waals surface area contributed by atoms with Crippen molar-refractivity contribution in [3.05, 3.63) is 53.3 Å². The molecule has 8 nitrogen and oxygen atoms in total. The van der Waals surface area contributed by atoms with E-state index in [0.717, 1.165) is 85.8 Å². The Morgan fingerprint density at radius 2 is 1.94 bits per heavy atom. The number of amides is 1. The topological polar surface area (TPSA) is 77.5 Å². The van der Waals surface area contributed by atoms with Gasteiger partial charge in [-0.15, -0.1) is 0 Å². The quantitative estimate of drug-likeness (QED) is 0.522. The van der Waals surface area contributed by atoms with Crippen LogP contribution >= 0.6 is 11.6 Å². The summed E-state index contributed by atoms with van der Waals surface area (Å²) < 4.78 is 0. The van der Waals surface area contributed by atoms with E-state index in [9.17, 15) is 4.79 Å². The maximum Gasteiger partial charge on any atom is 0.227 e. The number of pyridine rings is 1. The van der Waals surface area contributed by atoms with Crippen molar-refractivity contribution in [1.29, 1.82) is 0 Å².